The van der Waals surface area contributed by atoms with E-state index in [9.17, 15) is 25.4 Å². The number of hydrogen-bond acceptors (Lipinski definition) is 7. The molecule has 0 aliphatic heterocycles. The van der Waals surface area contributed by atoms with Gasteiger partial charge >= 0.3 is 11.4 Å². The van der Waals surface area contributed by atoms with Gasteiger partial charge in [0, 0.05) is 6.07 Å². The van der Waals surface area contributed by atoms with Gasteiger partial charge in [0.1, 0.15) is 5.52 Å². The first-order chi connectivity index (χ1) is 11.0. The van der Waals surface area contributed by atoms with E-state index >= 15 is 0 Å². The molecule has 0 aliphatic carbocycles. The van der Waals surface area contributed by atoms with Crippen LogP contribution < -0.4 is 9.47 Å². The topological polar surface area (TPSA) is 135 Å². The fraction of sp³-hybridized carbons (Fsp3) is 0.0769. The Balaban J connectivity index is 2.61. The van der Waals surface area contributed by atoms with E-state index in [0.29, 0.717) is 4.73 Å². The molecule has 116 valence electrons. The van der Waals surface area contributed by atoms with Gasteiger partial charge in [-0.1, -0.05) is 12.1 Å². The van der Waals surface area contributed by atoms with E-state index in [0.717, 1.165) is 13.2 Å². The molecule has 0 saturated heterocycles. The summed E-state index contributed by atoms with van der Waals surface area (Å²) in [5.41, 5.74) is -1.56. The lowest BCUT2D eigenvalue weighted by Gasteiger charge is -2.08. The first kappa shape index (κ1) is 14.4. The molecule has 10 nitrogen and oxygen atoms in total. The van der Waals surface area contributed by atoms with Crippen LogP contribution in [-0.2, 0) is 0 Å². The molecule has 1 aromatic heterocycles. The average molecular weight is 316 g/mol. The SMILES string of the molecule is COc1c([N+](=O)[O-])cc2c(nc3ccccc3[n+]2[O-])c1[N+](=O)[O-]. The summed E-state index contributed by atoms with van der Waals surface area (Å²) in [7, 11) is 1.08. The fourth-order valence-electron chi connectivity index (χ4n) is 2.37. The van der Waals surface area contributed by atoms with E-state index in [2.05, 4.69) is 4.98 Å². The Bertz CT molecular complexity index is 987. The lowest BCUT2D eigenvalue weighted by Crippen LogP contribution is -2.29. The van der Waals surface area contributed by atoms with E-state index in [1.165, 1.54) is 12.1 Å². The quantitative estimate of drug-likeness (QED) is 0.236. The van der Waals surface area contributed by atoms with Crippen LogP contribution in [0.5, 0.6) is 5.75 Å². The molecule has 0 N–H and O–H groups in total. The van der Waals surface area contributed by atoms with Gasteiger partial charge in [-0.3, -0.25) is 20.2 Å². The molecular formula is C13H8N4O6. The third-order valence-corrected chi connectivity index (χ3v) is 3.32. The first-order valence-electron chi connectivity index (χ1n) is 6.27. The van der Waals surface area contributed by atoms with Crippen LogP contribution in [0.1, 0.15) is 0 Å². The number of fused-ring (bicyclic) bond motifs is 2. The molecular weight excluding hydrogens is 308 g/mol. The van der Waals surface area contributed by atoms with Gasteiger partial charge in [0.05, 0.1) is 23.0 Å². The molecule has 0 amide bonds. The van der Waals surface area contributed by atoms with Gasteiger partial charge in [-0.15, -0.1) is 0 Å². The second-order valence-electron chi connectivity index (χ2n) is 4.55. The van der Waals surface area contributed by atoms with Crippen molar-refractivity contribution in [3.8, 4) is 5.75 Å². The van der Waals surface area contributed by atoms with Crippen molar-refractivity contribution in [1.29, 1.82) is 0 Å². The van der Waals surface area contributed by atoms with Gasteiger partial charge in [-0.25, -0.2) is 4.98 Å². The van der Waals surface area contributed by atoms with Crippen molar-refractivity contribution in [2.75, 3.05) is 7.11 Å². The van der Waals surface area contributed by atoms with E-state index in [1.54, 1.807) is 12.1 Å². The second-order valence-corrected chi connectivity index (χ2v) is 4.55. The largest absolute Gasteiger partial charge is 0.618 e. The van der Waals surface area contributed by atoms with Crippen LogP contribution in [0.25, 0.3) is 22.1 Å². The van der Waals surface area contributed by atoms with Crippen molar-refractivity contribution in [2.45, 2.75) is 0 Å². The van der Waals surface area contributed by atoms with Crippen LogP contribution in [0.2, 0.25) is 0 Å². The minimum absolute atomic E-state index is 0.147. The van der Waals surface area contributed by atoms with Crippen molar-refractivity contribution in [2.24, 2.45) is 0 Å². The van der Waals surface area contributed by atoms with Crippen molar-refractivity contribution >= 4 is 33.4 Å². The average Bonchev–Trinajstić information content (AvgIpc) is 2.53. The van der Waals surface area contributed by atoms with Crippen LogP contribution in [0.15, 0.2) is 30.3 Å². The summed E-state index contributed by atoms with van der Waals surface area (Å²) in [6.07, 6.45) is 0. The van der Waals surface area contributed by atoms with Crippen LogP contribution in [0, 0.1) is 25.4 Å². The Morgan fingerprint density at radius 2 is 1.83 bits per heavy atom. The van der Waals surface area contributed by atoms with E-state index < -0.39 is 27.0 Å². The molecule has 10 heteroatoms. The highest BCUT2D eigenvalue weighted by Crippen LogP contribution is 2.41. The van der Waals surface area contributed by atoms with Gasteiger partial charge in [0.15, 0.2) is 0 Å². The molecule has 3 rings (SSSR count). The molecule has 1 heterocycles. The number of methoxy groups -OCH3 is 1. The van der Waals surface area contributed by atoms with Gasteiger partial charge in [0.2, 0.25) is 11.0 Å². The third kappa shape index (κ3) is 2.04. The van der Waals surface area contributed by atoms with Gasteiger partial charge in [0.25, 0.3) is 11.3 Å². The predicted molar refractivity (Wildman–Crippen MR) is 78.1 cm³/mol. The predicted octanol–water partition coefficient (Wildman–Crippen LogP) is 1.85. The lowest BCUT2D eigenvalue weighted by atomic mass is 10.2. The molecule has 3 aromatic rings. The van der Waals surface area contributed by atoms with Crippen LogP contribution >= 0.6 is 0 Å². The smallest absolute Gasteiger partial charge is 0.350 e. The molecule has 23 heavy (non-hydrogen) atoms. The second kappa shape index (κ2) is 5.02. The monoisotopic (exact) mass is 316 g/mol. The number of hydrogen-bond donors (Lipinski definition) is 0. The van der Waals surface area contributed by atoms with E-state index in [1.807, 2.05) is 0 Å². The Morgan fingerprint density at radius 3 is 2.43 bits per heavy atom. The van der Waals surface area contributed by atoms with Crippen LogP contribution in [-0.4, -0.2) is 21.9 Å². The summed E-state index contributed by atoms with van der Waals surface area (Å²) in [5, 5.41) is 34.9. The number of ether oxygens (including phenoxy) is 1. The molecule has 0 spiro atoms. The molecule has 0 atom stereocenters. The minimum Gasteiger partial charge on any atom is -0.618 e. The Morgan fingerprint density at radius 1 is 1.13 bits per heavy atom. The molecule has 0 fully saturated rings. The number of aromatic nitrogens is 2. The standard InChI is InChI=1S/C13H8N4O6/c1-23-13-10(16(19)20)6-9-11(12(13)17(21)22)14-7-4-2-3-5-8(7)15(9)18/h2-6H,1H3. The van der Waals surface area contributed by atoms with E-state index in [4.69, 9.17) is 4.74 Å². The molecule has 0 aliphatic rings. The minimum atomic E-state index is -0.851. The van der Waals surface area contributed by atoms with Crippen LogP contribution in [0.4, 0.5) is 11.4 Å². The number of nitro groups is 2. The molecule has 2 aromatic carbocycles. The molecule has 0 saturated carbocycles. The Labute approximate surface area is 127 Å². The zero-order valence-corrected chi connectivity index (χ0v) is 11.6. The first-order valence-corrected chi connectivity index (χ1v) is 6.27. The Hall–Kier alpha value is -3.56. The number of nitro benzene ring substituents is 2. The zero-order valence-electron chi connectivity index (χ0n) is 11.6. The summed E-state index contributed by atoms with van der Waals surface area (Å²) >= 11 is 0. The van der Waals surface area contributed by atoms with Gasteiger partial charge < -0.3 is 9.94 Å². The van der Waals surface area contributed by atoms with Crippen LogP contribution in [0.3, 0.4) is 0 Å². The summed E-state index contributed by atoms with van der Waals surface area (Å²) in [6, 6.07) is 7.12. The highest BCUT2D eigenvalue weighted by atomic mass is 16.6. The third-order valence-electron chi connectivity index (χ3n) is 3.32. The lowest BCUT2D eigenvalue weighted by molar-refractivity contribution is -0.548. The van der Waals surface area contributed by atoms with Crippen molar-refractivity contribution < 1.29 is 19.3 Å². The van der Waals surface area contributed by atoms with Crippen molar-refractivity contribution in [1.82, 2.24) is 4.98 Å². The van der Waals surface area contributed by atoms with Crippen molar-refractivity contribution in [3.05, 3.63) is 55.8 Å². The van der Waals surface area contributed by atoms with E-state index in [-0.39, 0.29) is 22.1 Å². The van der Waals surface area contributed by atoms with Crippen molar-refractivity contribution in [3.63, 3.8) is 0 Å². The number of rotatable bonds is 3. The highest BCUT2D eigenvalue weighted by Gasteiger charge is 2.35. The molecule has 0 bridgehead atoms. The summed E-state index contributed by atoms with van der Waals surface area (Å²) in [5.74, 6) is -0.546. The highest BCUT2D eigenvalue weighted by molar-refractivity contribution is 5.93. The maximum absolute atomic E-state index is 12.4. The number of para-hydroxylation sites is 2. The normalized spacial score (nSPS) is 10.8. The maximum Gasteiger partial charge on any atom is 0.350 e. The summed E-state index contributed by atoms with van der Waals surface area (Å²) in [4.78, 5) is 24.9. The fourth-order valence-corrected chi connectivity index (χ4v) is 2.37. The molecule has 0 radical (unpaired) electrons. The van der Waals surface area contributed by atoms with Gasteiger partial charge in [-0.2, -0.15) is 4.73 Å². The van der Waals surface area contributed by atoms with Gasteiger partial charge in [-0.05, 0) is 6.07 Å². The number of nitrogens with zero attached hydrogens (tertiary/aromatic N) is 4. The Kier molecular flexibility index (Phi) is 3.14. The number of benzene rings is 2. The summed E-state index contributed by atoms with van der Waals surface area (Å²) in [6.45, 7) is 0. The zero-order chi connectivity index (χ0) is 16.7. The maximum atomic E-state index is 12.4. The molecule has 0 unspecified atom stereocenters. The summed E-state index contributed by atoms with van der Waals surface area (Å²) < 4.78 is 5.21.